The third kappa shape index (κ3) is 7.32. The van der Waals surface area contributed by atoms with E-state index in [1.165, 1.54) is 11.1 Å². The quantitative estimate of drug-likeness (QED) is 0.326. The smallest absolute Gasteiger partial charge is 0.251 e. The molecule has 2 aliphatic heterocycles. The molecule has 0 saturated carbocycles. The van der Waals surface area contributed by atoms with Crippen LogP contribution in [0.25, 0.3) is 0 Å². The molecule has 2 aliphatic rings. The van der Waals surface area contributed by atoms with Crippen molar-refractivity contribution in [1.82, 2.24) is 20.0 Å². The Hall–Kier alpha value is -1.39. The van der Waals surface area contributed by atoms with Gasteiger partial charge in [0.1, 0.15) is 6.10 Å². The van der Waals surface area contributed by atoms with Crippen LogP contribution < -0.4 is 5.32 Å². The molecule has 8 heteroatoms. The maximum atomic E-state index is 12.5. The van der Waals surface area contributed by atoms with Gasteiger partial charge in [-0.25, -0.2) is 0 Å². The van der Waals surface area contributed by atoms with Crippen molar-refractivity contribution in [2.75, 3.05) is 52.9 Å². The summed E-state index contributed by atoms with van der Waals surface area (Å²) in [5, 5.41) is 3.50. The Balaban J connectivity index is 0.00000341. The van der Waals surface area contributed by atoms with Crippen LogP contribution in [-0.4, -0.2) is 85.6 Å². The van der Waals surface area contributed by atoms with Crippen molar-refractivity contribution < 1.29 is 9.53 Å². The van der Waals surface area contributed by atoms with E-state index in [4.69, 9.17) is 4.74 Å². The lowest BCUT2D eigenvalue weighted by molar-refractivity contribution is -0.142. The number of aliphatic imine (C=N–C) groups is 1. The number of hydrogen-bond acceptors (Lipinski definition) is 4. The maximum absolute atomic E-state index is 12.5. The van der Waals surface area contributed by atoms with Crippen molar-refractivity contribution in [3.05, 3.63) is 35.4 Å². The number of hydrogen-bond donors (Lipinski definition) is 1. The van der Waals surface area contributed by atoms with Gasteiger partial charge in [-0.1, -0.05) is 38.1 Å². The van der Waals surface area contributed by atoms with E-state index in [-0.39, 0.29) is 36.0 Å². The second-order valence-electron chi connectivity index (χ2n) is 8.00. The number of amides is 1. The SMILES string of the molecule is CCN(CC)Cc1cccc(CNC(=NC)N2CCN(C(=O)C3CCCO3)CC2)c1.I. The van der Waals surface area contributed by atoms with Gasteiger partial charge >= 0.3 is 0 Å². The molecule has 0 aliphatic carbocycles. The molecule has 0 spiro atoms. The Labute approximate surface area is 204 Å². The standard InChI is InChI=1S/C23H37N5O2.HI/c1-4-26(5-2)18-20-9-6-8-19(16-20)17-25-23(24-3)28-13-11-27(12-14-28)22(29)21-10-7-15-30-21;/h6,8-9,16,21H,4-5,7,10-15,17-18H2,1-3H3,(H,24,25);1H. The first-order valence-corrected chi connectivity index (χ1v) is 11.3. The zero-order valence-corrected chi connectivity index (χ0v) is 21.5. The summed E-state index contributed by atoms with van der Waals surface area (Å²) in [5.74, 6) is 1.05. The van der Waals surface area contributed by atoms with E-state index in [1.807, 2.05) is 11.9 Å². The lowest BCUT2D eigenvalue weighted by atomic mass is 10.1. The number of benzene rings is 1. The fourth-order valence-corrected chi connectivity index (χ4v) is 4.17. The number of piperazine rings is 1. The van der Waals surface area contributed by atoms with Crippen molar-refractivity contribution in [2.45, 2.75) is 45.9 Å². The van der Waals surface area contributed by atoms with E-state index in [1.54, 1.807) is 0 Å². The second-order valence-corrected chi connectivity index (χ2v) is 8.00. The lowest BCUT2D eigenvalue weighted by Crippen LogP contribution is -2.55. The number of nitrogens with zero attached hydrogens (tertiary/aromatic N) is 4. The molecule has 0 bridgehead atoms. The molecule has 1 amide bonds. The molecule has 0 aromatic heterocycles. The molecule has 1 aromatic carbocycles. The summed E-state index contributed by atoms with van der Waals surface area (Å²) >= 11 is 0. The molecule has 0 radical (unpaired) electrons. The summed E-state index contributed by atoms with van der Waals surface area (Å²) < 4.78 is 5.55. The summed E-state index contributed by atoms with van der Waals surface area (Å²) in [5.41, 5.74) is 2.60. The zero-order chi connectivity index (χ0) is 21.3. The zero-order valence-electron chi connectivity index (χ0n) is 19.2. The van der Waals surface area contributed by atoms with Gasteiger partial charge in [0, 0.05) is 52.9 Å². The van der Waals surface area contributed by atoms with Crippen molar-refractivity contribution in [2.24, 2.45) is 4.99 Å². The minimum Gasteiger partial charge on any atom is -0.368 e. The van der Waals surface area contributed by atoms with Crippen LogP contribution in [0, 0.1) is 0 Å². The van der Waals surface area contributed by atoms with Crippen LogP contribution in [0.4, 0.5) is 0 Å². The van der Waals surface area contributed by atoms with E-state index in [2.05, 4.69) is 58.2 Å². The van der Waals surface area contributed by atoms with Crippen LogP contribution in [0.3, 0.4) is 0 Å². The third-order valence-electron chi connectivity index (χ3n) is 6.05. The normalized spacial score (nSPS) is 19.5. The fraction of sp³-hybridized carbons (Fsp3) is 0.652. The van der Waals surface area contributed by atoms with Crippen molar-refractivity contribution in [3.63, 3.8) is 0 Å². The van der Waals surface area contributed by atoms with Crippen LogP contribution in [0.2, 0.25) is 0 Å². The molecular weight excluding hydrogens is 505 g/mol. The highest BCUT2D eigenvalue weighted by molar-refractivity contribution is 14.0. The van der Waals surface area contributed by atoms with E-state index in [0.29, 0.717) is 6.61 Å². The van der Waals surface area contributed by atoms with E-state index >= 15 is 0 Å². The Morgan fingerprint density at radius 1 is 1.16 bits per heavy atom. The van der Waals surface area contributed by atoms with Crippen LogP contribution in [-0.2, 0) is 22.6 Å². The first-order chi connectivity index (χ1) is 14.6. The summed E-state index contributed by atoms with van der Waals surface area (Å²) in [6, 6.07) is 8.76. The highest BCUT2D eigenvalue weighted by Gasteiger charge is 2.30. The van der Waals surface area contributed by atoms with Gasteiger partial charge in [-0.3, -0.25) is 14.7 Å². The molecule has 2 fully saturated rings. The summed E-state index contributed by atoms with van der Waals surface area (Å²) in [6.07, 6.45) is 1.62. The molecule has 7 nitrogen and oxygen atoms in total. The van der Waals surface area contributed by atoms with Crippen LogP contribution in [0.5, 0.6) is 0 Å². The number of nitrogens with one attached hydrogen (secondary N) is 1. The average molecular weight is 543 g/mol. The number of guanidine groups is 1. The highest BCUT2D eigenvalue weighted by atomic mass is 127. The van der Waals surface area contributed by atoms with Gasteiger partial charge in [-0.2, -0.15) is 0 Å². The van der Waals surface area contributed by atoms with Gasteiger partial charge in [0.2, 0.25) is 0 Å². The number of carbonyl (C=O) groups is 1. The predicted molar refractivity (Wildman–Crippen MR) is 136 cm³/mol. The predicted octanol–water partition coefficient (Wildman–Crippen LogP) is 2.55. The number of halogens is 1. The lowest BCUT2D eigenvalue weighted by Gasteiger charge is -2.37. The summed E-state index contributed by atoms with van der Waals surface area (Å²) in [4.78, 5) is 23.6. The number of ether oxygens (including phenoxy) is 1. The first-order valence-electron chi connectivity index (χ1n) is 11.3. The van der Waals surface area contributed by atoms with Crippen molar-refractivity contribution in [1.29, 1.82) is 0 Å². The molecule has 1 unspecified atom stereocenters. The minimum atomic E-state index is -0.224. The maximum Gasteiger partial charge on any atom is 0.251 e. The Morgan fingerprint density at radius 3 is 2.45 bits per heavy atom. The molecule has 31 heavy (non-hydrogen) atoms. The van der Waals surface area contributed by atoms with Crippen molar-refractivity contribution in [3.8, 4) is 0 Å². The largest absolute Gasteiger partial charge is 0.368 e. The van der Waals surface area contributed by atoms with Gasteiger partial charge in [0.15, 0.2) is 5.96 Å². The van der Waals surface area contributed by atoms with Gasteiger partial charge in [-0.15, -0.1) is 24.0 Å². The van der Waals surface area contributed by atoms with Crippen molar-refractivity contribution >= 4 is 35.8 Å². The molecule has 1 aromatic rings. The molecule has 1 atom stereocenters. The van der Waals surface area contributed by atoms with Crippen LogP contribution >= 0.6 is 24.0 Å². The van der Waals surface area contributed by atoms with Gasteiger partial charge in [0.05, 0.1) is 0 Å². The molecule has 1 N–H and O–H groups in total. The molecule has 2 saturated heterocycles. The number of carbonyl (C=O) groups excluding carboxylic acids is 1. The molecule has 2 heterocycles. The first kappa shape index (κ1) is 25.9. The van der Waals surface area contributed by atoms with E-state index < -0.39 is 0 Å². The van der Waals surface area contributed by atoms with Gasteiger partial charge in [0.25, 0.3) is 5.91 Å². The summed E-state index contributed by atoms with van der Waals surface area (Å²) in [6.45, 7) is 12.0. The third-order valence-corrected chi connectivity index (χ3v) is 6.05. The second kappa shape index (κ2) is 13.2. The number of rotatable bonds is 7. The Bertz CT molecular complexity index is 712. The van der Waals surface area contributed by atoms with Crippen LogP contribution in [0.15, 0.2) is 29.3 Å². The molecule has 3 rings (SSSR count). The van der Waals surface area contributed by atoms with E-state index in [9.17, 15) is 4.79 Å². The summed E-state index contributed by atoms with van der Waals surface area (Å²) in [7, 11) is 1.82. The van der Waals surface area contributed by atoms with Crippen LogP contribution in [0.1, 0.15) is 37.8 Å². The Kier molecular flexibility index (Phi) is 11.0. The highest BCUT2D eigenvalue weighted by Crippen LogP contribution is 2.16. The van der Waals surface area contributed by atoms with Gasteiger partial charge < -0.3 is 19.9 Å². The topological polar surface area (TPSA) is 60.4 Å². The monoisotopic (exact) mass is 543 g/mol. The molecular formula is C23H38IN5O2. The van der Waals surface area contributed by atoms with E-state index in [0.717, 1.165) is 71.2 Å². The Morgan fingerprint density at radius 2 is 1.84 bits per heavy atom. The fourth-order valence-electron chi connectivity index (χ4n) is 4.17. The average Bonchev–Trinajstić information content (AvgIpc) is 3.33. The molecule has 174 valence electrons. The van der Waals surface area contributed by atoms with Gasteiger partial charge in [-0.05, 0) is 37.1 Å². The minimum absolute atomic E-state index is 0.